The molecule has 0 spiro atoms. The second-order valence-corrected chi connectivity index (χ2v) is 3.71. The van der Waals surface area contributed by atoms with Crippen molar-refractivity contribution in [1.82, 2.24) is 0 Å². The second-order valence-electron chi connectivity index (χ2n) is 2.90. The maximum absolute atomic E-state index is 13.0. The van der Waals surface area contributed by atoms with Crippen molar-refractivity contribution in [1.29, 1.82) is 0 Å². The molecule has 0 aliphatic heterocycles. The molecule has 0 N–H and O–H groups in total. The summed E-state index contributed by atoms with van der Waals surface area (Å²) in [5.41, 5.74) is 2.40. The maximum Gasteiger partial charge on any atom is 0.407 e. The topological polar surface area (TPSA) is 3.88 Å². The normalized spacial score (nSPS) is 10.4. The zero-order valence-electron chi connectivity index (χ0n) is 7.28. The Balaban J connectivity index is 2.23. The lowest BCUT2D eigenvalue weighted by atomic mass is 10.2. The Labute approximate surface area is 84.3 Å². The van der Waals surface area contributed by atoms with Gasteiger partial charge in [0.2, 0.25) is 5.51 Å². The minimum atomic E-state index is -0.793. The number of aromatic nitrogens is 1. The molecule has 14 heavy (non-hydrogen) atoms. The Hall–Kier alpha value is -1.29. The Morgan fingerprint density at radius 1 is 1.14 bits per heavy atom. The highest BCUT2D eigenvalue weighted by Gasteiger charge is 2.19. The lowest BCUT2D eigenvalue weighted by molar-refractivity contribution is -0.712. The fourth-order valence-corrected chi connectivity index (χ4v) is 1.81. The number of halogens is 2. The van der Waals surface area contributed by atoms with Crippen LogP contribution in [-0.2, 0) is 6.54 Å². The molecule has 0 aliphatic rings. The van der Waals surface area contributed by atoms with Crippen molar-refractivity contribution in [3.8, 4) is 0 Å². The Morgan fingerprint density at radius 3 is 2.43 bits per heavy atom. The van der Waals surface area contributed by atoms with Crippen molar-refractivity contribution in [2.75, 3.05) is 0 Å². The zero-order valence-corrected chi connectivity index (χ0v) is 8.10. The number of nitrogens with zero attached hydrogens (tertiary/aromatic N) is 1. The smallest absolute Gasteiger partial charge is 0.184 e. The third kappa shape index (κ3) is 1.80. The zero-order chi connectivity index (χ0) is 9.97. The van der Waals surface area contributed by atoms with Crippen LogP contribution in [0.3, 0.4) is 0 Å². The van der Waals surface area contributed by atoms with E-state index in [0.717, 1.165) is 16.9 Å². The molecule has 1 aromatic carbocycles. The van der Waals surface area contributed by atoms with Gasteiger partial charge in [-0.2, -0.15) is 8.96 Å². The average Bonchev–Trinajstić information content (AvgIpc) is 2.52. The first-order valence-electron chi connectivity index (χ1n) is 4.13. The van der Waals surface area contributed by atoms with Gasteiger partial charge in [-0.3, -0.25) is 0 Å². The first-order valence-corrected chi connectivity index (χ1v) is 5.01. The van der Waals surface area contributed by atoms with Gasteiger partial charge in [0.1, 0.15) is 0 Å². The quantitative estimate of drug-likeness (QED) is 0.673. The van der Waals surface area contributed by atoms with Gasteiger partial charge in [-0.05, 0) is 11.3 Å². The predicted octanol–water partition coefficient (Wildman–Crippen LogP) is 2.36. The van der Waals surface area contributed by atoms with Crippen molar-refractivity contribution in [3.05, 3.63) is 52.5 Å². The van der Waals surface area contributed by atoms with Gasteiger partial charge in [-0.15, -0.1) is 4.39 Å². The van der Waals surface area contributed by atoms with E-state index in [0.29, 0.717) is 6.54 Å². The molecule has 0 unspecified atom stereocenters. The van der Waals surface area contributed by atoms with Crippen molar-refractivity contribution < 1.29 is 13.3 Å². The molecule has 0 saturated heterocycles. The SMILES string of the molecule is Fc1sc[n+](Cc2ccccc2)c1F. The molecule has 1 heterocycles. The molecule has 1 aromatic heterocycles. The lowest BCUT2D eigenvalue weighted by Gasteiger charge is -1.93. The van der Waals surface area contributed by atoms with Gasteiger partial charge in [0, 0.05) is 5.56 Å². The molecule has 1 nitrogen and oxygen atoms in total. The molecular formula is C10H8F2NS+. The van der Waals surface area contributed by atoms with E-state index in [-0.39, 0.29) is 0 Å². The van der Waals surface area contributed by atoms with Gasteiger partial charge in [0.25, 0.3) is 5.13 Å². The van der Waals surface area contributed by atoms with E-state index >= 15 is 0 Å². The van der Waals surface area contributed by atoms with E-state index in [4.69, 9.17) is 0 Å². The monoisotopic (exact) mass is 212 g/mol. The van der Waals surface area contributed by atoms with Crippen molar-refractivity contribution in [2.45, 2.75) is 6.54 Å². The summed E-state index contributed by atoms with van der Waals surface area (Å²) >= 11 is 0.772. The summed E-state index contributed by atoms with van der Waals surface area (Å²) in [7, 11) is 0. The van der Waals surface area contributed by atoms with E-state index in [1.165, 1.54) is 10.1 Å². The Morgan fingerprint density at radius 2 is 1.86 bits per heavy atom. The van der Waals surface area contributed by atoms with Gasteiger partial charge in [-0.1, -0.05) is 30.3 Å². The molecule has 4 heteroatoms. The molecule has 0 radical (unpaired) electrons. The molecule has 0 bridgehead atoms. The summed E-state index contributed by atoms with van der Waals surface area (Å²) in [6, 6.07) is 9.38. The van der Waals surface area contributed by atoms with Crippen LogP contribution in [0.25, 0.3) is 0 Å². The molecule has 0 aliphatic carbocycles. The summed E-state index contributed by atoms with van der Waals surface area (Å²) in [6.45, 7) is 0.368. The molecule has 0 fully saturated rings. The summed E-state index contributed by atoms with van der Waals surface area (Å²) in [6.07, 6.45) is 0. The van der Waals surface area contributed by atoms with Crippen LogP contribution in [0.15, 0.2) is 35.8 Å². The number of hydrogen-bond acceptors (Lipinski definition) is 1. The average molecular weight is 212 g/mol. The van der Waals surface area contributed by atoms with Gasteiger partial charge in [0.05, 0.1) is 0 Å². The van der Waals surface area contributed by atoms with Gasteiger partial charge in [0.15, 0.2) is 6.54 Å². The molecule has 0 atom stereocenters. The van der Waals surface area contributed by atoms with Crippen LogP contribution < -0.4 is 4.57 Å². The van der Waals surface area contributed by atoms with Crippen LogP contribution in [0.4, 0.5) is 8.78 Å². The summed E-state index contributed by atoms with van der Waals surface area (Å²) < 4.78 is 27.0. The third-order valence-corrected chi connectivity index (χ3v) is 2.63. The van der Waals surface area contributed by atoms with Crippen LogP contribution in [0.5, 0.6) is 0 Å². The third-order valence-electron chi connectivity index (χ3n) is 1.89. The van der Waals surface area contributed by atoms with E-state index in [2.05, 4.69) is 0 Å². The van der Waals surface area contributed by atoms with Crippen molar-refractivity contribution in [2.24, 2.45) is 0 Å². The second kappa shape index (κ2) is 3.84. The van der Waals surface area contributed by atoms with Crippen LogP contribution in [0, 0.1) is 11.1 Å². The van der Waals surface area contributed by atoms with Gasteiger partial charge < -0.3 is 0 Å². The number of benzene rings is 1. The fourth-order valence-electron chi connectivity index (χ4n) is 1.20. The minimum absolute atomic E-state index is 0.368. The highest BCUT2D eigenvalue weighted by atomic mass is 32.1. The summed E-state index contributed by atoms with van der Waals surface area (Å²) in [5, 5.41) is -0.763. The van der Waals surface area contributed by atoms with Crippen LogP contribution in [-0.4, -0.2) is 0 Å². The predicted molar refractivity (Wildman–Crippen MR) is 50.0 cm³/mol. The largest absolute Gasteiger partial charge is 0.407 e. The molecule has 2 aromatic rings. The van der Waals surface area contributed by atoms with E-state index < -0.39 is 11.1 Å². The van der Waals surface area contributed by atoms with Crippen LogP contribution in [0.2, 0.25) is 0 Å². The minimum Gasteiger partial charge on any atom is -0.184 e. The highest BCUT2D eigenvalue weighted by Crippen LogP contribution is 2.07. The maximum atomic E-state index is 13.0. The molecule has 0 saturated carbocycles. The van der Waals surface area contributed by atoms with Crippen molar-refractivity contribution in [3.63, 3.8) is 0 Å². The molecular weight excluding hydrogens is 204 g/mol. The first kappa shape index (κ1) is 9.27. The van der Waals surface area contributed by atoms with E-state index in [9.17, 15) is 8.78 Å². The van der Waals surface area contributed by atoms with Crippen molar-refractivity contribution >= 4 is 11.3 Å². The lowest BCUT2D eigenvalue weighted by Crippen LogP contribution is -2.35. The Kier molecular flexibility index (Phi) is 2.54. The molecule has 2 rings (SSSR count). The number of thiazole rings is 1. The van der Waals surface area contributed by atoms with Gasteiger partial charge >= 0.3 is 5.95 Å². The van der Waals surface area contributed by atoms with E-state index in [1.807, 2.05) is 30.3 Å². The van der Waals surface area contributed by atoms with Gasteiger partial charge in [-0.25, -0.2) is 0 Å². The van der Waals surface area contributed by atoms with Crippen LogP contribution in [0.1, 0.15) is 5.56 Å². The molecule has 0 amide bonds. The Bertz CT molecular complexity index is 425. The molecule has 72 valence electrons. The number of hydrogen-bond donors (Lipinski definition) is 0. The number of rotatable bonds is 2. The van der Waals surface area contributed by atoms with Crippen LogP contribution >= 0.6 is 11.3 Å². The first-order chi connectivity index (χ1) is 6.77. The van der Waals surface area contributed by atoms with E-state index in [1.54, 1.807) is 0 Å². The summed E-state index contributed by atoms with van der Waals surface area (Å²) in [5.74, 6) is -0.793. The highest BCUT2D eigenvalue weighted by molar-refractivity contribution is 7.07. The standard InChI is InChI=1S/C10H8F2NS/c11-9-10(12)14-7-13(9)6-8-4-2-1-3-5-8/h1-5,7H,6H2/q+1. The fraction of sp³-hybridized carbons (Fsp3) is 0.100. The summed E-state index contributed by atoms with van der Waals surface area (Å²) in [4.78, 5) is 0.